The Hall–Kier alpha value is -4.18. The number of nitrogens with one attached hydrogen (secondary N) is 1. The monoisotopic (exact) mass is 573 g/mol. The summed E-state index contributed by atoms with van der Waals surface area (Å²) in [4.78, 5) is 38.1. The van der Waals surface area contributed by atoms with Gasteiger partial charge in [-0.15, -0.1) is 11.3 Å². The van der Waals surface area contributed by atoms with Crippen molar-refractivity contribution in [2.75, 3.05) is 43.0 Å². The van der Waals surface area contributed by atoms with Crippen molar-refractivity contribution in [3.8, 4) is 10.4 Å². The molecule has 1 saturated heterocycles. The van der Waals surface area contributed by atoms with E-state index < -0.39 is 5.60 Å². The maximum absolute atomic E-state index is 12.4. The molecule has 41 heavy (non-hydrogen) atoms. The van der Waals surface area contributed by atoms with Gasteiger partial charge in [0.2, 0.25) is 0 Å². The number of nitrogens with zero attached hydrogens (tertiary/aromatic N) is 4. The van der Waals surface area contributed by atoms with Crippen LogP contribution in [0.4, 0.5) is 16.3 Å². The van der Waals surface area contributed by atoms with Crippen LogP contribution in [-0.4, -0.2) is 65.3 Å². The highest BCUT2D eigenvalue weighted by Gasteiger charge is 2.26. The maximum atomic E-state index is 12.4. The van der Waals surface area contributed by atoms with Crippen molar-refractivity contribution < 1.29 is 19.1 Å². The average molecular weight is 574 g/mol. The van der Waals surface area contributed by atoms with Gasteiger partial charge in [0.05, 0.1) is 16.3 Å². The lowest BCUT2D eigenvalue weighted by Gasteiger charge is -2.36. The smallest absolute Gasteiger partial charge is 0.410 e. The summed E-state index contributed by atoms with van der Waals surface area (Å²) >= 11 is 1.62. The third-order valence-electron chi connectivity index (χ3n) is 6.73. The minimum Gasteiger partial charge on any atom is -0.463 e. The fraction of sp³-hybridized carbons (Fsp3) is 0.355. The number of ether oxygens (including phenoxy) is 2. The Balaban J connectivity index is 1.29. The number of benzene rings is 2. The molecule has 5 rings (SSSR count). The molecule has 1 aliphatic heterocycles. The highest BCUT2D eigenvalue weighted by molar-refractivity contribution is 7.22. The molecule has 2 aromatic heterocycles. The van der Waals surface area contributed by atoms with Gasteiger partial charge in [-0.3, -0.25) is 4.79 Å². The van der Waals surface area contributed by atoms with Crippen LogP contribution in [0.25, 0.3) is 20.7 Å². The number of hydrogen-bond acceptors (Lipinski definition) is 9. The van der Waals surface area contributed by atoms with Crippen molar-refractivity contribution in [1.29, 1.82) is 0 Å². The lowest BCUT2D eigenvalue weighted by molar-refractivity contribution is -0.141. The van der Waals surface area contributed by atoms with Gasteiger partial charge in [-0.2, -0.15) is 0 Å². The average Bonchev–Trinajstić information content (AvgIpc) is 3.40. The van der Waals surface area contributed by atoms with Gasteiger partial charge >= 0.3 is 12.1 Å². The molecule has 3 heterocycles. The van der Waals surface area contributed by atoms with E-state index in [1.54, 1.807) is 22.6 Å². The topological polar surface area (TPSA) is 96.9 Å². The predicted molar refractivity (Wildman–Crippen MR) is 162 cm³/mol. The highest BCUT2D eigenvalue weighted by atomic mass is 32.1. The number of hydrogen-bond donors (Lipinski definition) is 1. The second-order valence-corrected chi connectivity index (χ2v) is 12.0. The van der Waals surface area contributed by atoms with E-state index in [1.807, 2.05) is 51.1 Å². The summed E-state index contributed by atoms with van der Waals surface area (Å²) in [5.41, 5.74) is 3.57. The van der Waals surface area contributed by atoms with Gasteiger partial charge in [-0.05, 0) is 50.1 Å². The van der Waals surface area contributed by atoms with E-state index in [4.69, 9.17) is 9.47 Å². The van der Waals surface area contributed by atoms with E-state index in [9.17, 15) is 9.59 Å². The van der Waals surface area contributed by atoms with Gasteiger partial charge in [0.25, 0.3) is 0 Å². The molecule has 1 aliphatic rings. The zero-order valence-corrected chi connectivity index (χ0v) is 24.6. The number of aromatic nitrogens is 2. The van der Waals surface area contributed by atoms with E-state index in [2.05, 4.69) is 50.5 Å². The van der Waals surface area contributed by atoms with Crippen molar-refractivity contribution in [1.82, 2.24) is 14.9 Å². The van der Waals surface area contributed by atoms with Crippen molar-refractivity contribution in [3.63, 3.8) is 0 Å². The normalized spacial score (nSPS) is 14.5. The van der Waals surface area contributed by atoms with Gasteiger partial charge in [0.15, 0.2) is 0 Å². The van der Waals surface area contributed by atoms with Crippen LogP contribution < -0.4 is 10.2 Å². The fourth-order valence-corrected chi connectivity index (χ4v) is 5.75. The summed E-state index contributed by atoms with van der Waals surface area (Å²) in [5, 5.41) is 3.47. The number of carbonyl (C=O) groups excluding carboxylic acids is 2. The molecular weight excluding hydrogens is 538 g/mol. The first-order chi connectivity index (χ1) is 19.7. The molecule has 1 N–H and O–H groups in total. The number of fused-ring (bicyclic) bond motifs is 1. The van der Waals surface area contributed by atoms with Crippen LogP contribution in [0.15, 0.2) is 67.0 Å². The van der Waals surface area contributed by atoms with E-state index in [0.29, 0.717) is 18.9 Å². The van der Waals surface area contributed by atoms with E-state index >= 15 is 0 Å². The molecule has 0 aliphatic carbocycles. The second kappa shape index (κ2) is 12.1. The Morgan fingerprint density at radius 2 is 1.71 bits per heavy atom. The molecule has 2 aromatic carbocycles. The third-order valence-corrected chi connectivity index (χ3v) is 7.91. The highest BCUT2D eigenvalue weighted by Crippen LogP contribution is 2.37. The van der Waals surface area contributed by atoms with Gasteiger partial charge in [0, 0.05) is 43.7 Å². The molecule has 10 heteroatoms. The van der Waals surface area contributed by atoms with Crippen LogP contribution in [0.1, 0.15) is 39.3 Å². The summed E-state index contributed by atoms with van der Waals surface area (Å²) in [7, 11) is 0. The minimum atomic E-state index is -0.493. The zero-order chi connectivity index (χ0) is 29.0. The van der Waals surface area contributed by atoms with Crippen molar-refractivity contribution in [2.24, 2.45) is 0 Å². The first kappa shape index (κ1) is 28.4. The summed E-state index contributed by atoms with van der Waals surface area (Å²) in [6.07, 6.45) is 1.30. The number of esters is 1. The Kier molecular flexibility index (Phi) is 8.39. The summed E-state index contributed by atoms with van der Waals surface area (Å²) in [5.74, 6) is 0.374. The largest absolute Gasteiger partial charge is 0.463 e. The maximum Gasteiger partial charge on any atom is 0.410 e. The minimum absolute atomic E-state index is 0.191. The van der Waals surface area contributed by atoms with Gasteiger partial charge in [-0.25, -0.2) is 14.8 Å². The van der Waals surface area contributed by atoms with Crippen LogP contribution >= 0.6 is 11.3 Å². The summed E-state index contributed by atoms with van der Waals surface area (Å²) < 4.78 is 11.8. The van der Waals surface area contributed by atoms with Crippen LogP contribution in [0.2, 0.25) is 0 Å². The fourth-order valence-electron chi connectivity index (χ4n) is 4.68. The van der Waals surface area contributed by atoms with E-state index in [1.165, 1.54) is 6.92 Å². The number of piperazine rings is 1. The lowest BCUT2D eigenvalue weighted by Crippen LogP contribution is -2.50. The Morgan fingerprint density at radius 3 is 2.37 bits per heavy atom. The summed E-state index contributed by atoms with van der Waals surface area (Å²) in [6.45, 7) is 10.0. The molecule has 214 valence electrons. The molecule has 0 bridgehead atoms. The summed E-state index contributed by atoms with van der Waals surface area (Å²) in [6, 6.07) is 20.2. The standard InChI is InChI=1S/C31H35N5O4S/c1-21(37)39-19-26(22-8-6-5-7-9-22)34-29-28-25(32-20-33-29)18-27(41-28)23-10-12-24(13-11-23)35-14-16-36(17-15-35)30(38)40-31(2,3)4/h5-13,18,20,26H,14-17,19H2,1-4H3,(H,32,33,34). The van der Waals surface area contributed by atoms with Crippen molar-refractivity contribution in [3.05, 3.63) is 72.6 Å². The van der Waals surface area contributed by atoms with Crippen LogP contribution in [0.5, 0.6) is 0 Å². The second-order valence-electron chi connectivity index (χ2n) is 11.0. The van der Waals surface area contributed by atoms with Crippen LogP contribution in [-0.2, 0) is 14.3 Å². The van der Waals surface area contributed by atoms with E-state index in [0.717, 1.165) is 45.0 Å². The van der Waals surface area contributed by atoms with Crippen molar-refractivity contribution in [2.45, 2.75) is 39.3 Å². The molecule has 4 aromatic rings. The van der Waals surface area contributed by atoms with Crippen LogP contribution in [0.3, 0.4) is 0 Å². The van der Waals surface area contributed by atoms with Gasteiger partial charge < -0.3 is 24.6 Å². The van der Waals surface area contributed by atoms with E-state index in [-0.39, 0.29) is 24.7 Å². The number of carbonyl (C=O) groups is 2. The van der Waals surface area contributed by atoms with Gasteiger partial charge in [0.1, 0.15) is 24.4 Å². The number of anilines is 2. The number of amides is 1. The SMILES string of the molecule is CC(=O)OCC(Nc1ncnc2cc(-c3ccc(N4CCN(C(=O)OC(C)(C)C)CC4)cc3)sc12)c1ccccc1. The molecule has 0 spiro atoms. The predicted octanol–water partition coefficient (Wildman–Crippen LogP) is 6.13. The Labute approximate surface area is 244 Å². The molecule has 1 unspecified atom stereocenters. The quantitative estimate of drug-likeness (QED) is 0.264. The first-order valence-electron chi connectivity index (χ1n) is 13.7. The third kappa shape index (κ3) is 7.13. The number of thiophene rings is 1. The molecule has 9 nitrogen and oxygen atoms in total. The molecule has 1 amide bonds. The first-order valence-corrected chi connectivity index (χ1v) is 14.5. The Bertz CT molecular complexity index is 1490. The zero-order valence-electron chi connectivity index (χ0n) is 23.8. The lowest BCUT2D eigenvalue weighted by atomic mass is 10.1. The van der Waals surface area contributed by atoms with Crippen molar-refractivity contribution >= 4 is 45.1 Å². The van der Waals surface area contributed by atoms with Crippen LogP contribution in [0, 0.1) is 0 Å². The molecule has 1 atom stereocenters. The van der Waals surface area contributed by atoms with Gasteiger partial charge in [-0.1, -0.05) is 42.5 Å². The number of rotatable bonds is 7. The molecule has 1 fully saturated rings. The molecule has 0 radical (unpaired) electrons. The Morgan fingerprint density at radius 1 is 1.00 bits per heavy atom. The molecule has 0 saturated carbocycles. The molecular formula is C31H35N5O4S.